The zero-order valence-electron chi connectivity index (χ0n) is 18.9. The van der Waals surface area contributed by atoms with Gasteiger partial charge in [-0.1, -0.05) is 43.4 Å². The van der Waals surface area contributed by atoms with Gasteiger partial charge in [-0.3, -0.25) is 9.69 Å². The molecule has 0 saturated heterocycles. The first-order chi connectivity index (χ1) is 15.3. The number of hydrogen-bond donors (Lipinski definition) is 0. The van der Waals surface area contributed by atoms with Gasteiger partial charge in [0.15, 0.2) is 15.0 Å². The second-order valence-electron chi connectivity index (χ2n) is 7.28. The summed E-state index contributed by atoms with van der Waals surface area (Å²) in [6, 6.07) is 12.0. The van der Waals surface area contributed by atoms with Gasteiger partial charge in [0.05, 0.1) is 21.8 Å². The van der Waals surface area contributed by atoms with E-state index in [1.807, 2.05) is 25.1 Å². The van der Waals surface area contributed by atoms with Crippen LogP contribution in [0.25, 0.3) is 10.2 Å². The highest BCUT2D eigenvalue weighted by atomic mass is 32.2. The number of fused-ring (bicyclic) bond motifs is 1. The van der Waals surface area contributed by atoms with Gasteiger partial charge >= 0.3 is 0 Å². The minimum Gasteiger partial charge on any atom is -0.492 e. The number of sulfone groups is 1. The molecular weight excluding hydrogens is 446 g/mol. The predicted molar refractivity (Wildman–Crippen MR) is 130 cm³/mol. The molecule has 0 aliphatic rings. The Kier molecular flexibility index (Phi) is 7.86. The molecule has 1 aromatic heterocycles. The summed E-state index contributed by atoms with van der Waals surface area (Å²) in [5.41, 5.74) is 0.852. The Morgan fingerprint density at radius 2 is 1.75 bits per heavy atom. The molecule has 0 aliphatic carbocycles. The molecule has 0 fully saturated rings. The summed E-state index contributed by atoms with van der Waals surface area (Å²) in [5, 5.41) is 0.521. The van der Waals surface area contributed by atoms with E-state index in [9.17, 15) is 13.2 Å². The van der Waals surface area contributed by atoms with Crippen LogP contribution in [0.4, 0.5) is 5.13 Å². The zero-order valence-corrected chi connectivity index (χ0v) is 20.5. The summed E-state index contributed by atoms with van der Waals surface area (Å²) < 4.78 is 31.3. The summed E-state index contributed by atoms with van der Waals surface area (Å²) in [4.78, 5) is 22.2. The van der Waals surface area contributed by atoms with E-state index >= 15 is 0 Å². The molecule has 172 valence electrons. The number of nitrogens with zero attached hydrogens (tertiary/aromatic N) is 3. The monoisotopic (exact) mass is 475 g/mol. The average Bonchev–Trinajstić information content (AvgIpc) is 3.21. The molecule has 0 radical (unpaired) electrons. The molecule has 0 atom stereocenters. The number of ether oxygens (including phenoxy) is 1. The molecule has 0 spiro atoms. The number of amides is 1. The molecule has 0 N–H and O–H groups in total. The summed E-state index contributed by atoms with van der Waals surface area (Å²) in [7, 11) is -3.57. The number of aromatic nitrogens is 1. The van der Waals surface area contributed by atoms with E-state index in [1.165, 1.54) is 17.4 Å². The van der Waals surface area contributed by atoms with Crippen molar-refractivity contribution in [2.24, 2.45) is 0 Å². The van der Waals surface area contributed by atoms with Gasteiger partial charge in [0.2, 0.25) is 0 Å². The van der Waals surface area contributed by atoms with E-state index in [4.69, 9.17) is 9.72 Å². The van der Waals surface area contributed by atoms with Crippen molar-refractivity contribution in [3.63, 3.8) is 0 Å². The standard InChI is InChI=1S/C23H29N3O4S2/c1-5-25(6-2)15-16-26(22(27)17-11-8-9-14-20(17)32(4,28)29)23-24-21-18(30-7-3)12-10-13-19(21)31-23/h8-14H,5-7,15-16H2,1-4H3. The molecular formula is C23H29N3O4S2. The molecule has 0 bridgehead atoms. The maximum Gasteiger partial charge on any atom is 0.261 e. The molecule has 0 aliphatic heterocycles. The molecule has 3 rings (SSSR count). The second-order valence-corrected chi connectivity index (χ2v) is 10.3. The second kappa shape index (κ2) is 10.4. The van der Waals surface area contributed by atoms with E-state index in [0.29, 0.717) is 36.1 Å². The van der Waals surface area contributed by atoms with Gasteiger partial charge in [-0.2, -0.15) is 0 Å². The van der Waals surface area contributed by atoms with Crippen molar-refractivity contribution in [2.45, 2.75) is 25.7 Å². The molecule has 3 aromatic rings. The highest BCUT2D eigenvalue weighted by molar-refractivity contribution is 7.90. The minimum absolute atomic E-state index is 0.0222. The number of hydrogen-bond acceptors (Lipinski definition) is 7. The lowest BCUT2D eigenvalue weighted by molar-refractivity contribution is 0.0980. The Balaban J connectivity index is 2.08. The highest BCUT2D eigenvalue weighted by Gasteiger charge is 2.27. The normalized spacial score (nSPS) is 11.8. The Morgan fingerprint density at radius 3 is 2.41 bits per heavy atom. The molecule has 9 heteroatoms. The van der Waals surface area contributed by atoms with Gasteiger partial charge in [-0.05, 0) is 44.3 Å². The number of para-hydroxylation sites is 1. The lowest BCUT2D eigenvalue weighted by atomic mass is 10.2. The lowest BCUT2D eigenvalue weighted by Crippen LogP contribution is -2.39. The summed E-state index contributed by atoms with van der Waals surface area (Å²) in [5.74, 6) is 0.287. The fraction of sp³-hybridized carbons (Fsp3) is 0.391. The van der Waals surface area contributed by atoms with Crippen LogP contribution in [0.2, 0.25) is 0 Å². The molecule has 0 saturated carbocycles. The van der Waals surface area contributed by atoms with Crippen LogP contribution in [-0.2, 0) is 9.84 Å². The van der Waals surface area contributed by atoms with Crippen LogP contribution in [0, 0.1) is 0 Å². The van der Waals surface area contributed by atoms with E-state index in [-0.39, 0.29) is 16.4 Å². The smallest absolute Gasteiger partial charge is 0.261 e. The fourth-order valence-electron chi connectivity index (χ4n) is 3.48. The number of benzene rings is 2. The maximum absolute atomic E-state index is 13.7. The Bertz CT molecular complexity index is 1190. The molecule has 1 amide bonds. The van der Waals surface area contributed by atoms with Crippen LogP contribution in [-0.4, -0.2) is 63.3 Å². The van der Waals surface area contributed by atoms with Crippen LogP contribution in [0.3, 0.4) is 0 Å². The zero-order chi connectivity index (χ0) is 23.3. The summed E-state index contributed by atoms with van der Waals surface area (Å²) in [6.07, 6.45) is 1.12. The SMILES string of the molecule is CCOc1cccc2sc(N(CCN(CC)CC)C(=O)c3ccccc3S(C)(=O)=O)nc12. The Labute approximate surface area is 193 Å². The third kappa shape index (κ3) is 5.28. The summed E-state index contributed by atoms with van der Waals surface area (Å²) in [6.45, 7) is 9.31. The van der Waals surface area contributed by atoms with Gasteiger partial charge in [-0.25, -0.2) is 13.4 Å². The van der Waals surface area contributed by atoms with Crippen LogP contribution in [0.15, 0.2) is 47.4 Å². The van der Waals surface area contributed by atoms with Crippen molar-refractivity contribution in [3.05, 3.63) is 48.0 Å². The van der Waals surface area contributed by atoms with Crippen LogP contribution in [0.5, 0.6) is 5.75 Å². The molecule has 2 aromatic carbocycles. The third-order valence-electron chi connectivity index (χ3n) is 5.20. The number of anilines is 1. The van der Waals surface area contributed by atoms with Crippen molar-refractivity contribution in [1.29, 1.82) is 0 Å². The van der Waals surface area contributed by atoms with Crippen molar-refractivity contribution < 1.29 is 17.9 Å². The first-order valence-electron chi connectivity index (χ1n) is 10.7. The van der Waals surface area contributed by atoms with Crippen molar-refractivity contribution >= 4 is 42.4 Å². The van der Waals surface area contributed by atoms with Gasteiger partial charge < -0.3 is 9.64 Å². The van der Waals surface area contributed by atoms with Crippen molar-refractivity contribution in [2.75, 3.05) is 43.9 Å². The fourth-order valence-corrected chi connectivity index (χ4v) is 5.36. The van der Waals surface area contributed by atoms with Crippen LogP contribution in [0.1, 0.15) is 31.1 Å². The quantitative estimate of drug-likeness (QED) is 0.439. The van der Waals surface area contributed by atoms with Crippen molar-refractivity contribution in [3.8, 4) is 5.75 Å². The number of carbonyl (C=O) groups excluding carboxylic acids is 1. The van der Waals surface area contributed by atoms with Gasteiger partial charge in [0.25, 0.3) is 5.91 Å². The number of carbonyl (C=O) groups is 1. The molecule has 1 heterocycles. The molecule has 0 unspecified atom stereocenters. The first kappa shape index (κ1) is 24.2. The van der Waals surface area contributed by atoms with E-state index in [0.717, 1.165) is 24.0 Å². The molecule has 7 nitrogen and oxygen atoms in total. The van der Waals surface area contributed by atoms with Gasteiger partial charge in [0.1, 0.15) is 11.3 Å². The lowest BCUT2D eigenvalue weighted by Gasteiger charge is -2.25. The number of likely N-dealkylation sites (N-methyl/N-ethyl adjacent to an activating group) is 1. The van der Waals surface area contributed by atoms with Gasteiger partial charge in [0, 0.05) is 19.3 Å². The van der Waals surface area contributed by atoms with Gasteiger partial charge in [-0.15, -0.1) is 0 Å². The van der Waals surface area contributed by atoms with E-state index in [2.05, 4.69) is 18.7 Å². The predicted octanol–water partition coefficient (Wildman–Crippen LogP) is 4.09. The molecule has 32 heavy (non-hydrogen) atoms. The maximum atomic E-state index is 13.7. The third-order valence-corrected chi connectivity index (χ3v) is 7.40. The largest absolute Gasteiger partial charge is 0.492 e. The summed E-state index contributed by atoms with van der Waals surface area (Å²) >= 11 is 1.39. The van der Waals surface area contributed by atoms with E-state index in [1.54, 1.807) is 23.1 Å². The number of rotatable bonds is 10. The van der Waals surface area contributed by atoms with Crippen molar-refractivity contribution in [1.82, 2.24) is 9.88 Å². The Hall–Kier alpha value is -2.49. The van der Waals surface area contributed by atoms with Crippen LogP contribution < -0.4 is 9.64 Å². The Morgan fingerprint density at radius 1 is 1.03 bits per heavy atom. The van der Waals surface area contributed by atoms with Crippen LogP contribution >= 0.6 is 11.3 Å². The average molecular weight is 476 g/mol. The minimum atomic E-state index is -3.57. The number of thiazole rings is 1. The topological polar surface area (TPSA) is 79.8 Å². The van der Waals surface area contributed by atoms with E-state index < -0.39 is 9.84 Å². The highest BCUT2D eigenvalue weighted by Crippen LogP contribution is 2.35. The first-order valence-corrected chi connectivity index (χ1v) is 13.4.